The van der Waals surface area contributed by atoms with Crippen LogP contribution in [-0.4, -0.2) is 22.4 Å². The van der Waals surface area contributed by atoms with E-state index in [-0.39, 0.29) is 6.54 Å². The smallest absolute Gasteiger partial charge is 0.236 e. The number of aromatic nitrogens is 2. The monoisotopic (exact) mass is 306 g/mol. The lowest BCUT2D eigenvalue weighted by Gasteiger charge is -1.95. The van der Waals surface area contributed by atoms with Gasteiger partial charge in [-0.25, -0.2) is 9.97 Å². The second-order valence-electron chi connectivity index (χ2n) is 4.49. The van der Waals surface area contributed by atoms with Gasteiger partial charge in [0.05, 0.1) is 12.7 Å². The van der Waals surface area contributed by atoms with Crippen LogP contribution < -0.4 is 11.1 Å². The molecule has 0 saturated heterocycles. The summed E-state index contributed by atoms with van der Waals surface area (Å²) in [6.45, 7) is 2.22. The SMILES string of the molecule is CCCCc1cnc(/C=C/c2cnc(NCC(N)=O)s2)o1. The van der Waals surface area contributed by atoms with E-state index in [0.717, 1.165) is 29.9 Å². The van der Waals surface area contributed by atoms with Gasteiger partial charge in [0.15, 0.2) is 5.13 Å². The first-order chi connectivity index (χ1) is 10.2. The molecule has 0 aliphatic carbocycles. The zero-order chi connectivity index (χ0) is 15.1. The van der Waals surface area contributed by atoms with Crippen molar-refractivity contribution in [1.29, 1.82) is 0 Å². The minimum Gasteiger partial charge on any atom is -0.442 e. The van der Waals surface area contributed by atoms with Crippen molar-refractivity contribution in [3.63, 3.8) is 0 Å². The lowest BCUT2D eigenvalue weighted by Crippen LogP contribution is -2.21. The normalized spacial score (nSPS) is 11.1. The highest BCUT2D eigenvalue weighted by atomic mass is 32.1. The van der Waals surface area contributed by atoms with Gasteiger partial charge in [0, 0.05) is 23.6 Å². The maximum atomic E-state index is 10.7. The number of carbonyl (C=O) groups excluding carboxylic acids is 1. The number of unbranched alkanes of at least 4 members (excludes halogenated alkanes) is 1. The molecule has 0 aliphatic heterocycles. The van der Waals surface area contributed by atoms with Crippen LogP contribution in [0.3, 0.4) is 0 Å². The molecule has 2 aromatic rings. The molecule has 6 nitrogen and oxygen atoms in total. The number of amides is 1. The van der Waals surface area contributed by atoms with Crippen molar-refractivity contribution in [2.45, 2.75) is 26.2 Å². The summed E-state index contributed by atoms with van der Waals surface area (Å²) >= 11 is 1.43. The zero-order valence-corrected chi connectivity index (χ0v) is 12.7. The molecule has 0 fully saturated rings. The largest absolute Gasteiger partial charge is 0.442 e. The summed E-state index contributed by atoms with van der Waals surface area (Å²) in [5.74, 6) is 1.08. The molecule has 0 saturated carbocycles. The maximum absolute atomic E-state index is 10.7. The predicted octanol–water partition coefficient (Wildman–Crippen LogP) is 2.54. The molecule has 2 aromatic heterocycles. The number of carbonyl (C=O) groups is 1. The molecule has 0 bridgehead atoms. The Balaban J connectivity index is 1.91. The van der Waals surface area contributed by atoms with Crippen molar-refractivity contribution in [2.24, 2.45) is 5.73 Å². The molecule has 0 aliphatic rings. The first-order valence-corrected chi connectivity index (χ1v) is 7.60. The van der Waals surface area contributed by atoms with Gasteiger partial charge in [-0.1, -0.05) is 24.7 Å². The lowest BCUT2D eigenvalue weighted by atomic mass is 10.2. The van der Waals surface area contributed by atoms with Gasteiger partial charge >= 0.3 is 0 Å². The van der Waals surface area contributed by atoms with Crippen LogP contribution in [0.15, 0.2) is 16.8 Å². The van der Waals surface area contributed by atoms with E-state index in [0.29, 0.717) is 11.0 Å². The third kappa shape index (κ3) is 5.03. The molecule has 2 heterocycles. The number of primary amides is 1. The maximum Gasteiger partial charge on any atom is 0.236 e. The number of hydrogen-bond acceptors (Lipinski definition) is 6. The number of oxazole rings is 1. The summed E-state index contributed by atoms with van der Waals surface area (Å²) in [6, 6.07) is 0. The summed E-state index contributed by atoms with van der Waals surface area (Å²) < 4.78 is 5.60. The number of aryl methyl sites for hydroxylation is 1. The minimum absolute atomic E-state index is 0.0806. The number of nitrogens with one attached hydrogen (secondary N) is 1. The van der Waals surface area contributed by atoms with Gasteiger partial charge in [-0.2, -0.15) is 0 Å². The molecule has 112 valence electrons. The highest BCUT2D eigenvalue weighted by Gasteiger charge is 2.02. The zero-order valence-electron chi connectivity index (χ0n) is 11.8. The van der Waals surface area contributed by atoms with E-state index in [1.807, 2.05) is 6.08 Å². The summed E-state index contributed by atoms with van der Waals surface area (Å²) in [5, 5.41) is 3.51. The van der Waals surface area contributed by atoms with Gasteiger partial charge < -0.3 is 15.5 Å². The minimum atomic E-state index is -0.415. The molecule has 0 atom stereocenters. The molecule has 0 spiro atoms. The molecule has 0 aromatic carbocycles. The Morgan fingerprint density at radius 3 is 3.05 bits per heavy atom. The highest BCUT2D eigenvalue weighted by molar-refractivity contribution is 7.16. The Kier molecular flexibility index (Phi) is 5.51. The molecule has 0 unspecified atom stereocenters. The molecule has 0 radical (unpaired) electrons. The second kappa shape index (κ2) is 7.58. The summed E-state index contributed by atoms with van der Waals surface area (Å²) in [7, 11) is 0. The highest BCUT2D eigenvalue weighted by Crippen LogP contribution is 2.20. The van der Waals surface area contributed by atoms with E-state index in [1.54, 1.807) is 18.5 Å². The van der Waals surface area contributed by atoms with Gasteiger partial charge in [0.25, 0.3) is 0 Å². The van der Waals surface area contributed by atoms with Crippen molar-refractivity contribution < 1.29 is 9.21 Å². The summed E-state index contributed by atoms with van der Waals surface area (Å²) in [4.78, 5) is 20.0. The van der Waals surface area contributed by atoms with E-state index < -0.39 is 5.91 Å². The topological polar surface area (TPSA) is 94.0 Å². The molecule has 21 heavy (non-hydrogen) atoms. The summed E-state index contributed by atoms with van der Waals surface area (Å²) in [5.41, 5.74) is 5.06. The molecule has 1 amide bonds. The number of nitrogens with zero attached hydrogens (tertiary/aromatic N) is 2. The quantitative estimate of drug-likeness (QED) is 0.781. The van der Waals surface area contributed by atoms with E-state index in [1.165, 1.54) is 11.3 Å². The number of nitrogens with two attached hydrogens (primary N) is 1. The number of hydrogen-bond donors (Lipinski definition) is 2. The van der Waals surface area contributed by atoms with Crippen LogP contribution in [0.5, 0.6) is 0 Å². The van der Waals surface area contributed by atoms with Gasteiger partial charge in [-0.15, -0.1) is 0 Å². The number of rotatable bonds is 8. The third-order valence-corrected chi connectivity index (χ3v) is 3.60. The lowest BCUT2D eigenvalue weighted by molar-refractivity contribution is -0.116. The van der Waals surface area contributed by atoms with Crippen molar-refractivity contribution in [3.8, 4) is 0 Å². The van der Waals surface area contributed by atoms with Crippen LogP contribution in [0.1, 0.15) is 36.3 Å². The second-order valence-corrected chi connectivity index (χ2v) is 5.55. The molecular weight excluding hydrogens is 288 g/mol. The van der Waals surface area contributed by atoms with Crippen LogP contribution in [0.4, 0.5) is 5.13 Å². The predicted molar refractivity (Wildman–Crippen MR) is 83.8 cm³/mol. The van der Waals surface area contributed by atoms with Crippen LogP contribution in [0.25, 0.3) is 12.2 Å². The fourth-order valence-electron chi connectivity index (χ4n) is 1.63. The fraction of sp³-hybridized carbons (Fsp3) is 0.357. The van der Waals surface area contributed by atoms with Crippen LogP contribution in [0.2, 0.25) is 0 Å². The third-order valence-electron chi connectivity index (χ3n) is 2.68. The molecule has 7 heteroatoms. The van der Waals surface area contributed by atoms with Crippen molar-refractivity contribution in [1.82, 2.24) is 9.97 Å². The Bertz CT molecular complexity index is 618. The Morgan fingerprint density at radius 1 is 1.43 bits per heavy atom. The van der Waals surface area contributed by atoms with Crippen LogP contribution in [0, 0.1) is 0 Å². The Hall–Kier alpha value is -2.15. The standard InChI is InChI=1S/C14H18N4O2S/c1-2-3-4-10-7-16-13(20-10)6-5-11-8-17-14(21-11)18-9-12(15)19/h5-8H,2-4,9H2,1H3,(H2,15,19)(H,17,18)/b6-5+. The van der Waals surface area contributed by atoms with Crippen LogP contribution >= 0.6 is 11.3 Å². The Morgan fingerprint density at radius 2 is 2.29 bits per heavy atom. The van der Waals surface area contributed by atoms with Crippen LogP contribution in [-0.2, 0) is 11.2 Å². The van der Waals surface area contributed by atoms with Crippen molar-refractivity contribution in [2.75, 3.05) is 11.9 Å². The fourth-order valence-corrected chi connectivity index (χ4v) is 2.34. The van der Waals surface area contributed by atoms with Gasteiger partial charge in [0.2, 0.25) is 11.8 Å². The average molecular weight is 306 g/mol. The van der Waals surface area contributed by atoms with Gasteiger partial charge in [-0.05, 0) is 12.5 Å². The number of anilines is 1. The van der Waals surface area contributed by atoms with E-state index in [4.69, 9.17) is 10.2 Å². The van der Waals surface area contributed by atoms with E-state index in [9.17, 15) is 4.79 Å². The van der Waals surface area contributed by atoms with Crippen molar-refractivity contribution >= 4 is 34.5 Å². The summed E-state index contributed by atoms with van der Waals surface area (Å²) in [6.07, 6.45) is 10.3. The van der Waals surface area contributed by atoms with Gasteiger partial charge in [0.1, 0.15) is 5.76 Å². The Labute approximate surface area is 127 Å². The molecule has 3 N–H and O–H groups in total. The first-order valence-electron chi connectivity index (χ1n) is 6.78. The van der Waals surface area contributed by atoms with Crippen molar-refractivity contribution in [3.05, 3.63) is 28.9 Å². The average Bonchev–Trinajstić information content (AvgIpc) is 3.10. The number of thiazole rings is 1. The molecular formula is C14H18N4O2S. The molecule has 2 rings (SSSR count). The van der Waals surface area contributed by atoms with E-state index in [2.05, 4.69) is 22.2 Å². The first kappa shape index (κ1) is 15.2. The van der Waals surface area contributed by atoms with E-state index >= 15 is 0 Å². The van der Waals surface area contributed by atoms with Gasteiger partial charge in [-0.3, -0.25) is 4.79 Å².